The highest BCUT2D eigenvalue weighted by Crippen LogP contribution is 2.38. The van der Waals surface area contributed by atoms with Crippen molar-refractivity contribution in [2.75, 3.05) is 0 Å². The summed E-state index contributed by atoms with van der Waals surface area (Å²) in [7, 11) is 0. The Bertz CT molecular complexity index is 847. The summed E-state index contributed by atoms with van der Waals surface area (Å²) < 4.78 is 0. The summed E-state index contributed by atoms with van der Waals surface area (Å²) in [5, 5.41) is 2.87. The summed E-state index contributed by atoms with van der Waals surface area (Å²) in [6, 6.07) is 7.32. The van der Waals surface area contributed by atoms with Crippen LogP contribution in [0.4, 0.5) is 0 Å². The number of aliphatic imine (C=N–C) groups is 1. The number of hydrogen-bond acceptors (Lipinski definition) is 2. The van der Waals surface area contributed by atoms with E-state index in [1.54, 1.807) is 24.3 Å². The maximum absolute atomic E-state index is 12.3. The zero-order valence-corrected chi connectivity index (χ0v) is 15.0. The summed E-state index contributed by atoms with van der Waals surface area (Å²) in [6.07, 6.45) is 7.30. The Morgan fingerprint density at radius 3 is 2.44 bits per heavy atom. The predicted octanol–water partition coefficient (Wildman–Crippen LogP) is 3.75. The maximum Gasteiger partial charge on any atom is 0.277 e. The van der Waals surface area contributed by atoms with E-state index in [0.29, 0.717) is 11.3 Å². The predicted molar refractivity (Wildman–Crippen MR) is 99.3 cm³/mol. The van der Waals surface area contributed by atoms with E-state index in [9.17, 15) is 9.59 Å². The molecule has 1 aliphatic heterocycles. The number of amides is 2. The Morgan fingerprint density at radius 2 is 1.80 bits per heavy atom. The van der Waals surface area contributed by atoms with Gasteiger partial charge in [-0.15, -0.1) is 0 Å². The van der Waals surface area contributed by atoms with Crippen LogP contribution in [-0.4, -0.2) is 17.5 Å². The van der Waals surface area contributed by atoms with Gasteiger partial charge < -0.3 is 5.32 Å². The second kappa shape index (κ2) is 6.28. The van der Waals surface area contributed by atoms with Crippen molar-refractivity contribution in [3.8, 4) is 0 Å². The number of nitrogens with zero attached hydrogens (tertiary/aromatic N) is 1. The van der Waals surface area contributed by atoms with E-state index < -0.39 is 0 Å². The zero-order chi connectivity index (χ0) is 18.2. The molecule has 0 spiro atoms. The van der Waals surface area contributed by atoms with E-state index >= 15 is 0 Å². The first-order valence-electron chi connectivity index (χ1n) is 8.36. The Kier molecular flexibility index (Phi) is 4.29. The largest absolute Gasteiger partial charge is 0.325 e. The molecule has 0 saturated carbocycles. The van der Waals surface area contributed by atoms with Crippen LogP contribution in [0.2, 0.25) is 0 Å². The highest BCUT2D eigenvalue weighted by atomic mass is 16.2. The second-order valence-corrected chi connectivity index (χ2v) is 7.48. The molecule has 4 nitrogen and oxygen atoms in total. The first-order valence-corrected chi connectivity index (χ1v) is 8.36. The monoisotopic (exact) mass is 334 g/mol. The molecule has 0 aromatic heterocycles. The molecule has 0 radical (unpaired) electrons. The van der Waals surface area contributed by atoms with Gasteiger partial charge in [0.2, 0.25) is 5.91 Å². The van der Waals surface area contributed by atoms with Gasteiger partial charge in [-0.1, -0.05) is 44.5 Å². The van der Waals surface area contributed by atoms with Crippen molar-refractivity contribution in [3.05, 3.63) is 71.0 Å². The number of aryl methyl sites for hydroxylation is 1. The van der Waals surface area contributed by atoms with Crippen molar-refractivity contribution in [3.63, 3.8) is 0 Å². The van der Waals surface area contributed by atoms with Crippen molar-refractivity contribution in [2.45, 2.75) is 27.7 Å². The minimum absolute atomic E-state index is 0.0196. The molecule has 2 amide bonds. The average Bonchev–Trinajstić information content (AvgIpc) is 2.53. The lowest BCUT2D eigenvalue weighted by atomic mass is 9.74. The number of nitrogens with one attached hydrogen (secondary N) is 1. The molecule has 1 aliphatic carbocycles. The lowest BCUT2D eigenvalue weighted by Gasteiger charge is -2.34. The normalized spacial score (nSPS) is 21.4. The number of fused-ring (bicyclic) bond motifs is 1. The van der Waals surface area contributed by atoms with Gasteiger partial charge >= 0.3 is 0 Å². The van der Waals surface area contributed by atoms with Gasteiger partial charge in [0.05, 0.1) is 5.71 Å². The SMILES string of the molecule is Cc1ccc(C(=O)N=C2C=CC3C(=C2)NC(=O)C=C3C(C)(C)C)cc1. The molecule has 3 rings (SSSR count). The molecule has 1 N–H and O–H groups in total. The highest BCUT2D eigenvalue weighted by molar-refractivity contribution is 6.14. The lowest BCUT2D eigenvalue weighted by molar-refractivity contribution is -0.116. The van der Waals surface area contributed by atoms with Gasteiger partial charge in [-0.25, -0.2) is 4.99 Å². The van der Waals surface area contributed by atoms with Crippen LogP contribution in [0.3, 0.4) is 0 Å². The van der Waals surface area contributed by atoms with Gasteiger partial charge in [0.15, 0.2) is 0 Å². The summed E-state index contributed by atoms with van der Waals surface area (Å²) in [5.74, 6) is -0.401. The summed E-state index contributed by atoms with van der Waals surface area (Å²) in [6.45, 7) is 8.24. The average molecular weight is 334 g/mol. The number of rotatable bonds is 1. The molecule has 1 unspecified atom stereocenters. The fourth-order valence-electron chi connectivity index (χ4n) is 3.02. The van der Waals surface area contributed by atoms with Crippen LogP contribution in [-0.2, 0) is 4.79 Å². The molecule has 1 heterocycles. The molecule has 1 aromatic carbocycles. The van der Waals surface area contributed by atoms with Gasteiger partial charge in [0, 0.05) is 23.3 Å². The molecule has 1 atom stereocenters. The van der Waals surface area contributed by atoms with Crippen LogP contribution >= 0.6 is 0 Å². The topological polar surface area (TPSA) is 58.5 Å². The van der Waals surface area contributed by atoms with E-state index in [1.165, 1.54) is 0 Å². The van der Waals surface area contributed by atoms with Crippen molar-refractivity contribution in [1.29, 1.82) is 0 Å². The molecule has 0 fully saturated rings. The van der Waals surface area contributed by atoms with E-state index in [2.05, 4.69) is 31.1 Å². The summed E-state index contributed by atoms with van der Waals surface area (Å²) >= 11 is 0. The Labute approximate surface area is 148 Å². The lowest BCUT2D eigenvalue weighted by Crippen LogP contribution is -2.36. The first kappa shape index (κ1) is 17.1. The third-order valence-electron chi connectivity index (χ3n) is 4.38. The third kappa shape index (κ3) is 3.68. The van der Waals surface area contributed by atoms with Crippen molar-refractivity contribution < 1.29 is 9.59 Å². The molecule has 1 aromatic rings. The molecule has 128 valence electrons. The van der Waals surface area contributed by atoms with E-state index in [0.717, 1.165) is 16.8 Å². The summed E-state index contributed by atoms with van der Waals surface area (Å²) in [5.41, 5.74) is 3.91. The second-order valence-electron chi connectivity index (χ2n) is 7.48. The van der Waals surface area contributed by atoms with E-state index in [-0.39, 0.29) is 23.1 Å². The van der Waals surface area contributed by atoms with Crippen molar-refractivity contribution in [1.82, 2.24) is 5.32 Å². The van der Waals surface area contributed by atoms with Crippen LogP contribution < -0.4 is 5.32 Å². The Balaban J connectivity index is 1.89. The number of allylic oxidation sites excluding steroid dienone is 3. The first-order chi connectivity index (χ1) is 11.7. The number of carbonyl (C=O) groups excluding carboxylic acids is 2. The Hall–Kier alpha value is -2.75. The molecule has 25 heavy (non-hydrogen) atoms. The molecular weight excluding hydrogens is 312 g/mol. The molecule has 0 bridgehead atoms. The van der Waals surface area contributed by atoms with E-state index in [1.807, 2.05) is 31.2 Å². The fraction of sp³-hybridized carbons (Fsp3) is 0.286. The highest BCUT2D eigenvalue weighted by Gasteiger charge is 2.32. The van der Waals surface area contributed by atoms with Crippen molar-refractivity contribution in [2.24, 2.45) is 16.3 Å². The van der Waals surface area contributed by atoms with Crippen LogP contribution in [0.5, 0.6) is 0 Å². The molecular formula is C21H22N2O2. The van der Waals surface area contributed by atoms with Crippen LogP contribution in [0, 0.1) is 18.3 Å². The summed E-state index contributed by atoms with van der Waals surface area (Å²) in [4.78, 5) is 28.5. The van der Waals surface area contributed by atoms with Crippen LogP contribution in [0.25, 0.3) is 0 Å². The minimum Gasteiger partial charge on any atom is -0.325 e. The van der Waals surface area contributed by atoms with Gasteiger partial charge in [0.1, 0.15) is 0 Å². The number of hydrogen-bond donors (Lipinski definition) is 1. The van der Waals surface area contributed by atoms with Crippen molar-refractivity contribution >= 4 is 17.5 Å². The quantitative estimate of drug-likeness (QED) is 0.850. The number of carbonyl (C=O) groups is 2. The van der Waals surface area contributed by atoms with Gasteiger partial charge in [-0.2, -0.15) is 0 Å². The van der Waals surface area contributed by atoms with E-state index in [4.69, 9.17) is 0 Å². The third-order valence-corrected chi connectivity index (χ3v) is 4.38. The molecule has 0 saturated heterocycles. The molecule has 2 aliphatic rings. The van der Waals surface area contributed by atoms with Crippen LogP contribution in [0.1, 0.15) is 36.7 Å². The Morgan fingerprint density at radius 1 is 1.12 bits per heavy atom. The smallest absolute Gasteiger partial charge is 0.277 e. The van der Waals surface area contributed by atoms with Crippen LogP contribution in [0.15, 0.2) is 64.8 Å². The standard InChI is InChI=1S/C21H22N2O2/c1-13-5-7-14(8-6-13)20(25)22-15-9-10-16-17(21(2,3)4)12-19(24)23-18(16)11-15/h5-12,16H,1-4H3,(H,23,24). The minimum atomic E-state index is -0.288. The fourth-order valence-corrected chi connectivity index (χ4v) is 3.02. The van der Waals surface area contributed by atoms with Gasteiger partial charge in [-0.3, -0.25) is 9.59 Å². The zero-order valence-electron chi connectivity index (χ0n) is 15.0. The van der Waals surface area contributed by atoms with Gasteiger partial charge in [0.25, 0.3) is 5.91 Å². The number of benzene rings is 1. The maximum atomic E-state index is 12.3. The van der Waals surface area contributed by atoms with Gasteiger partial charge in [-0.05, 0) is 42.2 Å². The molecule has 4 heteroatoms.